The van der Waals surface area contributed by atoms with Crippen LogP contribution < -0.4 is 5.09 Å². The van der Waals surface area contributed by atoms with Crippen molar-refractivity contribution >= 4 is 13.7 Å². The molecule has 0 aromatic heterocycles. The highest BCUT2D eigenvalue weighted by Crippen LogP contribution is 2.35. The number of carbonyl (C=O) groups is 1. The van der Waals surface area contributed by atoms with E-state index < -0.39 is 19.8 Å². The van der Waals surface area contributed by atoms with Crippen LogP contribution in [0.3, 0.4) is 0 Å². The second kappa shape index (κ2) is 4.57. The van der Waals surface area contributed by atoms with Crippen LogP contribution in [0.4, 0.5) is 0 Å². The SMILES string of the molecule is COC(=O)[C@H](C)NP(=O)(O)OC. The summed E-state index contributed by atoms with van der Waals surface area (Å²) in [6.45, 7) is 1.40. The minimum Gasteiger partial charge on any atom is -0.468 e. The zero-order valence-electron chi connectivity index (χ0n) is 7.10. The summed E-state index contributed by atoms with van der Waals surface area (Å²) in [5.41, 5.74) is 0. The summed E-state index contributed by atoms with van der Waals surface area (Å²) in [5.74, 6) is -0.624. The van der Waals surface area contributed by atoms with Crippen molar-refractivity contribution in [3.63, 3.8) is 0 Å². The molecule has 0 aromatic rings. The Labute approximate surface area is 70.5 Å². The van der Waals surface area contributed by atoms with Gasteiger partial charge in [0.15, 0.2) is 0 Å². The van der Waals surface area contributed by atoms with Crippen LogP contribution in [0.1, 0.15) is 6.92 Å². The van der Waals surface area contributed by atoms with E-state index in [1.165, 1.54) is 14.0 Å². The van der Waals surface area contributed by atoms with Gasteiger partial charge in [0.1, 0.15) is 6.04 Å². The molecule has 0 spiro atoms. The van der Waals surface area contributed by atoms with E-state index in [1.807, 2.05) is 0 Å². The normalized spacial score (nSPS) is 18.0. The zero-order chi connectivity index (χ0) is 9.78. The molecule has 6 nitrogen and oxygen atoms in total. The Morgan fingerprint density at radius 1 is 1.58 bits per heavy atom. The van der Waals surface area contributed by atoms with E-state index in [0.29, 0.717) is 0 Å². The van der Waals surface area contributed by atoms with Crippen LogP contribution >= 0.6 is 7.75 Å². The second-order valence-electron chi connectivity index (χ2n) is 2.08. The molecule has 0 amide bonds. The fourth-order valence-electron chi connectivity index (χ4n) is 0.527. The molecule has 2 atom stereocenters. The highest BCUT2D eigenvalue weighted by Gasteiger charge is 2.24. The monoisotopic (exact) mass is 197 g/mol. The minimum absolute atomic E-state index is 0.624. The molecular weight excluding hydrogens is 185 g/mol. The third kappa shape index (κ3) is 3.82. The van der Waals surface area contributed by atoms with Gasteiger partial charge in [-0.1, -0.05) is 0 Å². The first kappa shape index (κ1) is 11.6. The lowest BCUT2D eigenvalue weighted by Gasteiger charge is -2.14. The van der Waals surface area contributed by atoms with Gasteiger partial charge in [-0.25, -0.2) is 9.65 Å². The summed E-state index contributed by atoms with van der Waals surface area (Å²) in [4.78, 5) is 19.6. The Bertz CT molecular complexity index is 206. The number of hydrogen-bond acceptors (Lipinski definition) is 4. The Morgan fingerprint density at radius 2 is 2.08 bits per heavy atom. The molecule has 0 aliphatic rings. The molecule has 0 bridgehead atoms. The molecule has 0 saturated carbocycles. The largest absolute Gasteiger partial charge is 0.468 e. The van der Waals surface area contributed by atoms with Gasteiger partial charge < -0.3 is 14.2 Å². The first-order chi connectivity index (χ1) is 5.43. The number of carbonyl (C=O) groups excluding carboxylic acids is 1. The average molecular weight is 197 g/mol. The highest BCUT2D eigenvalue weighted by molar-refractivity contribution is 7.50. The van der Waals surface area contributed by atoms with Gasteiger partial charge in [-0.15, -0.1) is 0 Å². The van der Waals surface area contributed by atoms with Gasteiger partial charge in [-0.2, -0.15) is 0 Å². The van der Waals surface area contributed by atoms with Gasteiger partial charge in [0.25, 0.3) is 0 Å². The van der Waals surface area contributed by atoms with Crippen molar-refractivity contribution in [2.24, 2.45) is 0 Å². The van der Waals surface area contributed by atoms with Crippen molar-refractivity contribution in [2.75, 3.05) is 14.2 Å². The van der Waals surface area contributed by atoms with Gasteiger partial charge in [0, 0.05) is 7.11 Å². The molecule has 0 aliphatic carbocycles. The van der Waals surface area contributed by atoms with Crippen molar-refractivity contribution < 1.29 is 23.5 Å². The lowest BCUT2D eigenvalue weighted by Crippen LogP contribution is -2.32. The highest BCUT2D eigenvalue weighted by atomic mass is 31.2. The van der Waals surface area contributed by atoms with E-state index in [9.17, 15) is 9.36 Å². The topological polar surface area (TPSA) is 84.9 Å². The van der Waals surface area contributed by atoms with Gasteiger partial charge >= 0.3 is 13.7 Å². The molecule has 0 aromatic carbocycles. The number of nitrogens with one attached hydrogen (secondary N) is 1. The number of rotatable bonds is 4. The van der Waals surface area contributed by atoms with E-state index in [-0.39, 0.29) is 0 Å². The Hall–Kier alpha value is -0.420. The molecule has 0 fully saturated rings. The molecule has 2 N–H and O–H groups in total. The fourth-order valence-corrected chi connectivity index (χ4v) is 1.23. The number of ether oxygens (including phenoxy) is 1. The van der Waals surface area contributed by atoms with Crippen molar-refractivity contribution in [1.29, 1.82) is 0 Å². The molecule has 72 valence electrons. The predicted molar refractivity (Wildman–Crippen MR) is 41.4 cm³/mol. The van der Waals surface area contributed by atoms with Crippen LogP contribution in [0.5, 0.6) is 0 Å². The number of methoxy groups -OCH3 is 1. The van der Waals surface area contributed by atoms with E-state index >= 15 is 0 Å². The van der Waals surface area contributed by atoms with Gasteiger partial charge in [0.05, 0.1) is 7.11 Å². The van der Waals surface area contributed by atoms with Crippen molar-refractivity contribution in [2.45, 2.75) is 13.0 Å². The summed E-state index contributed by atoms with van der Waals surface area (Å²) in [6.07, 6.45) is 0. The summed E-state index contributed by atoms with van der Waals surface area (Å²) in [5, 5.41) is 2.07. The third-order valence-electron chi connectivity index (χ3n) is 1.16. The Morgan fingerprint density at radius 3 is 2.42 bits per heavy atom. The molecule has 0 saturated heterocycles. The summed E-state index contributed by atoms with van der Waals surface area (Å²) in [7, 11) is -1.59. The zero-order valence-corrected chi connectivity index (χ0v) is 8.00. The Balaban J connectivity index is 4.09. The van der Waals surface area contributed by atoms with Crippen molar-refractivity contribution in [3.8, 4) is 0 Å². The maximum absolute atomic E-state index is 10.8. The first-order valence-electron chi connectivity index (χ1n) is 3.17. The summed E-state index contributed by atoms with van der Waals surface area (Å²) in [6, 6.07) is -0.870. The maximum atomic E-state index is 10.8. The van der Waals surface area contributed by atoms with E-state index in [1.54, 1.807) is 0 Å². The molecule has 0 rings (SSSR count). The van der Waals surface area contributed by atoms with E-state index in [4.69, 9.17) is 4.89 Å². The number of hydrogen-bond donors (Lipinski definition) is 2. The van der Waals surface area contributed by atoms with E-state index in [2.05, 4.69) is 14.3 Å². The molecule has 1 unspecified atom stereocenters. The van der Waals surface area contributed by atoms with E-state index in [0.717, 1.165) is 7.11 Å². The fraction of sp³-hybridized carbons (Fsp3) is 0.800. The van der Waals surface area contributed by atoms with Gasteiger partial charge in [-0.05, 0) is 6.92 Å². The Kier molecular flexibility index (Phi) is 4.41. The van der Waals surface area contributed by atoms with Crippen LogP contribution in [-0.4, -0.2) is 31.1 Å². The molecule has 0 heterocycles. The number of esters is 1. The standard InChI is InChI=1S/C5H12NO5P/c1-4(5(7)10-2)6-12(8,9)11-3/h4H,1-3H3,(H2,6,8,9)/t4-/m0/s1. The minimum atomic E-state index is -3.85. The molecule has 7 heteroatoms. The molecule has 0 aliphatic heterocycles. The lowest BCUT2D eigenvalue weighted by molar-refractivity contribution is -0.142. The van der Waals surface area contributed by atoms with Crippen LogP contribution in [0.2, 0.25) is 0 Å². The summed E-state index contributed by atoms with van der Waals surface area (Å²) >= 11 is 0. The van der Waals surface area contributed by atoms with Crippen molar-refractivity contribution in [3.05, 3.63) is 0 Å². The van der Waals surface area contributed by atoms with Crippen LogP contribution in [0.25, 0.3) is 0 Å². The second-order valence-corrected chi connectivity index (χ2v) is 3.74. The smallest absolute Gasteiger partial charge is 0.403 e. The first-order valence-corrected chi connectivity index (χ1v) is 4.75. The van der Waals surface area contributed by atoms with Gasteiger partial charge in [0.2, 0.25) is 0 Å². The van der Waals surface area contributed by atoms with Crippen molar-refractivity contribution in [1.82, 2.24) is 5.09 Å². The third-order valence-corrected chi connectivity index (χ3v) is 2.37. The average Bonchev–Trinajstić information content (AvgIpc) is 2.02. The lowest BCUT2D eigenvalue weighted by atomic mass is 10.4. The molecule has 0 radical (unpaired) electrons. The van der Waals surface area contributed by atoms with Gasteiger partial charge in [-0.3, -0.25) is 4.79 Å². The van der Waals surface area contributed by atoms with Crippen LogP contribution in [-0.2, 0) is 18.6 Å². The molecular formula is C5H12NO5P. The maximum Gasteiger partial charge on any atom is 0.403 e. The van der Waals surface area contributed by atoms with Crippen LogP contribution in [0, 0.1) is 0 Å². The predicted octanol–water partition coefficient (Wildman–Crippen LogP) is -0.116. The molecule has 12 heavy (non-hydrogen) atoms. The quantitative estimate of drug-likeness (QED) is 0.483. The summed E-state index contributed by atoms with van der Waals surface area (Å²) < 4.78 is 19.3. The van der Waals surface area contributed by atoms with Crippen LogP contribution in [0.15, 0.2) is 0 Å².